The normalized spacial score (nSPS) is 10.6. The Bertz CT molecular complexity index is 568. The summed E-state index contributed by atoms with van der Waals surface area (Å²) in [5.74, 6) is 0. The average Bonchev–Trinajstić information content (AvgIpc) is 2.95. The van der Waals surface area contributed by atoms with Gasteiger partial charge in [-0.05, 0) is 13.8 Å². The number of hydrogen-bond acceptors (Lipinski definition) is 3. The minimum Gasteiger partial charge on any atom is -0.196 e. The smallest absolute Gasteiger partial charge is 0.196 e. The van der Waals surface area contributed by atoms with Crippen LogP contribution >= 0.6 is 8.25 Å². The first kappa shape index (κ1) is 14.5. The number of imidazole rings is 2. The van der Waals surface area contributed by atoms with Gasteiger partial charge >= 0.3 is 20.3 Å². The fraction of sp³-hybridized carbons (Fsp3) is 0.500. The Morgan fingerprint density at radius 2 is 1.40 bits per heavy atom. The Hall–Kier alpha value is -1.88. The molecule has 0 bridgehead atoms. The molecule has 20 heavy (non-hydrogen) atoms. The lowest BCUT2D eigenvalue weighted by Crippen LogP contribution is -2.29. The Labute approximate surface area is 118 Å². The molecule has 2 heterocycles. The van der Waals surface area contributed by atoms with E-state index in [1.165, 1.54) is 0 Å². The van der Waals surface area contributed by atoms with E-state index in [4.69, 9.17) is 9.05 Å². The molecule has 2 aromatic heterocycles. The third kappa shape index (κ3) is 2.82. The molecule has 0 amide bonds. The molecular formula is C12H20N4O3P+3. The van der Waals surface area contributed by atoms with Crippen molar-refractivity contribution in [1.82, 2.24) is 9.13 Å². The number of hydrogen-bond donors (Lipinski definition) is 0. The van der Waals surface area contributed by atoms with E-state index in [1.54, 1.807) is 9.13 Å². The van der Waals surface area contributed by atoms with Crippen LogP contribution < -0.4 is 18.2 Å². The fourth-order valence-corrected chi connectivity index (χ4v) is 2.66. The van der Waals surface area contributed by atoms with Crippen molar-refractivity contribution in [2.75, 3.05) is 0 Å². The van der Waals surface area contributed by atoms with Crippen LogP contribution in [0.2, 0.25) is 0 Å². The first-order valence-corrected chi connectivity index (χ1v) is 7.59. The maximum Gasteiger partial charge on any atom is 0.819 e. The van der Waals surface area contributed by atoms with Crippen molar-refractivity contribution in [3.8, 4) is 12.0 Å². The molecular weight excluding hydrogens is 279 g/mol. The molecule has 0 fully saturated rings. The van der Waals surface area contributed by atoms with Crippen molar-refractivity contribution in [1.29, 1.82) is 0 Å². The summed E-state index contributed by atoms with van der Waals surface area (Å²) in [7, 11) is 1.37. The highest BCUT2D eigenvalue weighted by Gasteiger charge is 2.37. The first-order chi connectivity index (χ1) is 9.56. The third-order valence-electron chi connectivity index (χ3n) is 3.03. The summed E-state index contributed by atoms with van der Waals surface area (Å²) >= 11 is 0. The van der Waals surface area contributed by atoms with Gasteiger partial charge in [0.15, 0.2) is 0 Å². The van der Waals surface area contributed by atoms with Crippen LogP contribution in [-0.4, -0.2) is 9.13 Å². The number of rotatable bonds is 6. The summed E-state index contributed by atoms with van der Waals surface area (Å²) in [5.41, 5.74) is 0. The molecule has 8 heteroatoms. The minimum atomic E-state index is -2.29. The molecule has 0 spiro atoms. The molecule has 0 aliphatic heterocycles. The molecule has 0 aliphatic rings. The topological polar surface area (TPSA) is 53.2 Å². The second-order valence-electron chi connectivity index (χ2n) is 4.36. The van der Waals surface area contributed by atoms with Gasteiger partial charge in [0.1, 0.15) is 24.8 Å². The Kier molecular flexibility index (Phi) is 4.39. The van der Waals surface area contributed by atoms with E-state index in [-0.39, 0.29) is 0 Å². The molecule has 2 aromatic rings. The lowest BCUT2D eigenvalue weighted by Gasteiger charge is -1.94. The molecule has 0 aromatic carbocycles. The molecule has 0 saturated heterocycles. The van der Waals surface area contributed by atoms with Crippen LogP contribution in [-0.2, 0) is 31.7 Å². The van der Waals surface area contributed by atoms with Crippen molar-refractivity contribution in [3.63, 3.8) is 0 Å². The maximum absolute atomic E-state index is 12.1. The SMILES string of the molecule is CCn1cc[n+](C)c1O[P+](=O)Oc1n(CC)cc[n+]1C. The zero-order valence-corrected chi connectivity index (χ0v) is 13.1. The van der Waals surface area contributed by atoms with Gasteiger partial charge in [0.25, 0.3) is 0 Å². The first-order valence-electron chi connectivity index (χ1n) is 6.49. The third-order valence-corrected chi connectivity index (χ3v) is 3.65. The van der Waals surface area contributed by atoms with Crippen molar-refractivity contribution >= 4 is 8.25 Å². The van der Waals surface area contributed by atoms with Gasteiger partial charge in [-0.3, -0.25) is 0 Å². The van der Waals surface area contributed by atoms with Crippen molar-refractivity contribution in [3.05, 3.63) is 24.8 Å². The van der Waals surface area contributed by atoms with E-state index in [2.05, 4.69) is 0 Å². The van der Waals surface area contributed by atoms with Crippen molar-refractivity contribution < 1.29 is 22.7 Å². The largest absolute Gasteiger partial charge is 0.819 e. The summed E-state index contributed by atoms with van der Waals surface area (Å²) in [4.78, 5) is 0. The van der Waals surface area contributed by atoms with Crippen LogP contribution in [0, 0.1) is 0 Å². The van der Waals surface area contributed by atoms with E-state index in [1.807, 2.05) is 61.9 Å². The van der Waals surface area contributed by atoms with E-state index in [9.17, 15) is 4.57 Å². The van der Waals surface area contributed by atoms with E-state index >= 15 is 0 Å². The standard InChI is InChI=1S/C12H20N4O3P/c1-5-15-9-7-13(3)11(15)18-20(17)19-12-14(4)8-10-16(12)6-2/h7-10H,5-6H2,1-4H3/q+3. The Morgan fingerprint density at radius 1 is 1.00 bits per heavy atom. The highest BCUT2D eigenvalue weighted by Crippen LogP contribution is 2.27. The lowest BCUT2D eigenvalue weighted by molar-refractivity contribution is -0.675. The molecule has 0 N–H and O–H groups in total. The molecule has 0 unspecified atom stereocenters. The second kappa shape index (κ2) is 6.05. The predicted octanol–water partition coefficient (Wildman–Crippen LogP) is 1.09. The predicted molar refractivity (Wildman–Crippen MR) is 71.4 cm³/mol. The monoisotopic (exact) mass is 299 g/mol. The quantitative estimate of drug-likeness (QED) is 0.593. The minimum absolute atomic E-state index is 0.505. The van der Waals surface area contributed by atoms with E-state index in [0.717, 1.165) is 13.1 Å². The summed E-state index contributed by atoms with van der Waals surface area (Å²) in [5, 5.41) is 0. The van der Waals surface area contributed by atoms with Gasteiger partial charge in [0.05, 0.1) is 27.2 Å². The molecule has 0 aliphatic carbocycles. The van der Waals surface area contributed by atoms with Crippen LogP contribution in [0.5, 0.6) is 12.0 Å². The highest BCUT2D eigenvalue weighted by atomic mass is 31.1. The number of nitrogens with zero attached hydrogens (tertiary/aromatic N) is 4. The summed E-state index contributed by atoms with van der Waals surface area (Å²) in [6.07, 6.45) is 7.42. The van der Waals surface area contributed by atoms with Gasteiger partial charge in [-0.1, -0.05) is 0 Å². The van der Waals surface area contributed by atoms with Gasteiger partial charge in [0.2, 0.25) is 0 Å². The molecule has 7 nitrogen and oxygen atoms in total. The fourth-order valence-electron chi connectivity index (χ4n) is 1.89. The zero-order chi connectivity index (χ0) is 14.7. The van der Waals surface area contributed by atoms with Crippen LogP contribution in [0.4, 0.5) is 0 Å². The van der Waals surface area contributed by atoms with E-state index in [0.29, 0.717) is 12.0 Å². The summed E-state index contributed by atoms with van der Waals surface area (Å²) in [6, 6.07) is 1.01. The molecule has 108 valence electrons. The Morgan fingerprint density at radius 3 is 1.75 bits per heavy atom. The van der Waals surface area contributed by atoms with E-state index < -0.39 is 8.25 Å². The molecule has 0 saturated carbocycles. The van der Waals surface area contributed by atoms with Gasteiger partial charge < -0.3 is 0 Å². The average molecular weight is 299 g/mol. The molecule has 0 radical (unpaired) electrons. The summed E-state index contributed by atoms with van der Waals surface area (Å²) in [6.45, 7) is 5.45. The van der Waals surface area contributed by atoms with Crippen LogP contribution in [0.25, 0.3) is 0 Å². The van der Waals surface area contributed by atoms with Crippen LogP contribution in [0.3, 0.4) is 0 Å². The van der Waals surface area contributed by atoms with Crippen molar-refractivity contribution in [2.45, 2.75) is 26.9 Å². The molecule has 2 rings (SSSR count). The van der Waals surface area contributed by atoms with Gasteiger partial charge in [0, 0.05) is 4.57 Å². The molecule has 0 atom stereocenters. The Balaban J connectivity index is 2.13. The summed E-state index contributed by atoms with van der Waals surface area (Å²) < 4.78 is 30.2. The van der Waals surface area contributed by atoms with Crippen molar-refractivity contribution in [2.24, 2.45) is 14.1 Å². The van der Waals surface area contributed by atoms with Gasteiger partial charge in [-0.2, -0.15) is 18.3 Å². The highest BCUT2D eigenvalue weighted by molar-refractivity contribution is 7.34. The zero-order valence-electron chi connectivity index (χ0n) is 12.2. The maximum atomic E-state index is 12.1. The van der Waals surface area contributed by atoms with Crippen LogP contribution in [0.15, 0.2) is 24.8 Å². The number of aromatic nitrogens is 4. The van der Waals surface area contributed by atoms with Gasteiger partial charge in [-0.15, -0.1) is 9.05 Å². The number of aryl methyl sites for hydroxylation is 4. The van der Waals surface area contributed by atoms with Gasteiger partial charge in [-0.25, -0.2) is 0 Å². The lowest BCUT2D eigenvalue weighted by atomic mass is 10.7. The van der Waals surface area contributed by atoms with Crippen LogP contribution in [0.1, 0.15) is 13.8 Å². The second-order valence-corrected chi connectivity index (χ2v) is 5.17.